The fourth-order valence-corrected chi connectivity index (χ4v) is 3.08. The zero-order chi connectivity index (χ0) is 19.6. The molecule has 1 fully saturated rings. The van der Waals surface area contributed by atoms with Crippen LogP contribution in [0.4, 0.5) is 0 Å². The number of hydrogen-bond donors (Lipinski definition) is 2. The highest BCUT2D eigenvalue weighted by atomic mass is 127. The van der Waals surface area contributed by atoms with E-state index < -0.39 is 0 Å². The van der Waals surface area contributed by atoms with Gasteiger partial charge in [-0.2, -0.15) is 5.10 Å². The van der Waals surface area contributed by atoms with Gasteiger partial charge in [-0.1, -0.05) is 18.2 Å². The predicted octanol–water partition coefficient (Wildman–Crippen LogP) is 3.71. The van der Waals surface area contributed by atoms with E-state index in [1.807, 2.05) is 29.9 Å². The number of nitrogens with zero attached hydrogens (tertiary/aromatic N) is 3. The van der Waals surface area contributed by atoms with E-state index in [1.54, 1.807) is 0 Å². The predicted molar refractivity (Wildman–Crippen MR) is 130 cm³/mol. The molecule has 0 unspecified atom stereocenters. The number of guanidine groups is 1. The van der Waals surface area contributed by atoms with Crippen molar-refractivity contribution < 1.29 is 4.74 Å². The second-order valence-corrected chi connectivity index (χ2v) is 7.42. The van der Waals surface area contributed by atoms with Crippen molar-refractivity contribution in [1.82, 2.24) is 20.4 Å². The molecule has 1 heterocycles. The first-order valence-electron chi connectivity index (χ1n) is 10.4. The third-order valence-electron chi connectivity index (χ3n) is 4.97. The Morgan fingerprint density at radius 3 is 2.59 bits per heavy atom. The number of aliphatic imine (C=N–C) groups is 1. The molecule has 0 aliphatic heterocycles. The Hall–Kier alpha value is -1.61. The van der Waals surface area contributed by atoms with E-state index in [0.717, 1.165) is 68.8 Å². The average molecular weight is 511 g/mol. The lowest BCUT2D eigenvalue weighted by molar-refractivity contribution is 0.123. The van der Waals surface area contributed by atoms with Gasteiger partial charge in [0, 0.05) is 39.5 Å². The molecule has 3 rings (SSSR count). The van der Waals surface area contributed by atoms with Crippen molar-refractivity contribution in [3.63, 3.8) is 0 Å². The topological polar surface area (TPSA) is 63.5 Å². The van der Waals surface area contributed by atoms with Crippen molar-refractivity contribution in [3.05, 3.63) is 47.8 Å². The van der Waals surface area contributed by atoms with Crippen LogP contribution in [0.5, 0.6) is 0 Å². The molecule has 1 aliphatic rings. The number of rotatable bonds is 11. The van der Waals surface area contributed by atoms with Gasteiger partial charge >= 0.3 is 0 Å². The molecular weight excluding hydrogens is 477 g/mol. The van der Waals surface area contributed by atoms with Gasteiger partial charge in [0.2, 0.25) is 0 Å². The number of halogens is 1. The maximum Gasteiger partial charge on any atom is 0.190 e. The summed E-state index contributed by atoms with van der Waals surface area (Å²) in [4.78, 5) is 4.29. The number of hydrogen-bond acceptors (Lipinski definition) is 3. The zero-order valence-corrected chi connectivity index (χ0v) is 19.9. The Kier molecular flexibility index (Phi) is 10.5. The highest BCUT2D eigenvalue weighted by Gasteiger charge is 2.20. The molecule has 29 heavy (non-hydrogen) atoms. The summed E-state index contributed by atoms with van der Waals surface area (Å²) in [5.41, 5.74) is 3.49. The van der Waals surface area contributed by atoms with E-state index in [-0.39, 0.29) is 24.0 Å². The summed E-state index contributed by atoms with van der Waals surface area (Å²) >= 11 is 0. The van der Waals surface area contributed by atoms with Crippen LogP contribution in [0.25, 0.3) is 5.69 Å². The second kappa shape index (κ2) is 12.8. The molecule has 1 aromatic carbocycles. The van der Waals surface area contributed by atoms with Crippen LogP contribution in [0, 0.1) is 12.8 Å². The Balaban J connectivity index is 0.00000300. The number of benzene rings is 1. The van der Waals surface area contributed by atoms with E-state index in [0.29, 0.717) is 0 Å². The lowest BCUT2D eigenvalue weighted by Crippen LogP contribution is -2.38. The van der Waals surface area contributed by atoms with Crippen LogP contribution in [-0.2, 0) is 11.2 Å². The summed E-state index contributed by atoms with van der Waals surface area (Å²) < 4.78 is 7.62. The van der Waals surface area contributed by atoms with Crippen LogP contribution in [0.15, 0.2) is 41.5 Å². The monoisotopic (exact) mass is 511 g/mol. The van der Waals surface area contributed by atoms with Gasteiger partial charge in [-0.3, -0.25) is 4.99 Å². The maximum absolute atomic E-state index is 5.66. The van der Waals surface area contributed by atoms with Crippen LogP contribution in [0.2, 0.25) is 0 Å². The smallest absolute Gasteiger partial charge is 0.190 e. The van der Waals surface area contributed by atoms with Crippen molar-refractivity contribution in [2.24, 2.45) is 10.9 Å². The molecule has 1 aliphatic carbocycles. The highest BCUT2D eigenvalue weighted by molar-refractivity contribution is 14.0. The lowest BCUT2D eigenvalue weighted by Gasteiger charge is -2.11. The molecule has 0 spiro atoms. The first kappa shape index (κ1) is 23.7. The van der Waals surface area contributed by atoms with Gasteiger partial charge in [-0.15, -0.1) is 24.0 Å². The van der Waals surface area contributed by atoms with Crippen LogP contribution < -0.4 is 10.6 Å². The summed E-state index contributed by atoms with van der Waals surface area (Å²) in [5, 5.41) is 11.4. The molecule has 2 aromatic rings. The Bertz CT molecular complexity index is 743. The van der Waals surface area contributed by atoms with Crippen molar-refractivity contribution in [3.8, 4) is 5.69 Å². The van der Waals surface area contributed by atoms with Gasteiger partial charge in [0.15, 0.2) is 5.96 Å². The second-order valence-electron chi connectivity index (χ2n) is 7.42. The number of aryl methyl sites for hydroxylation is 2. The Labute approximate surface area is 191 Å². The van der Waals surface area contributed by atoms with Crippen molar-refractivity contribution in [2.75, 3.05) is 33.4 Å². The van der Waals surface area contributed by atoms with Crippen LogP contribution >= 0.6 is 24.0 Å². The van der Waals surface area contributed by atoms with E-state index in [9.17, 15) is 0 Å². The van der Waals surface area contributed by atoms with Crippen molar-refractivity contribution in [1.29, 1.82) is 0 Å². The number of ether oxygens (including phenoxy) is 1. The van der Waals surface area contributed by atoms with Gasteiger partial charge in [0.1, 0.15) is 0 Å². The SMILES string of the molecule is CN=C(NCCCOCC1CC1)NCCCc1cn(-c2ccccc2)nc1C.I. The van der Waals surface area contributed by atoms with E-state index in [1.165, 1.54) is 18.4 Å². The summed E-state index contributed by atoms with van der Waals surface area (Å²) in [6, 6.07) is 10.2. The minimum absolute atomic E-state index is 0. The van der Waals surface area contributed by atoms with E-state index in [2.05, 4.69) is 46.0 Å². The minimum Gasteiger partial charge on any atom is -0.381 e. The molecule has 0 bridgehead atoms. The van der Waals surface area contributed by atoms with Gasteiger partial charge in [0.25, 0.3) is 0 Å². The number of para-hydroxylation sites is 1. The first-order chi connectivity index (χ1) is 13.8. The molecule has 6 nitrogen and oxygen atoms in total. The molecule has 0 saturated heterocycles. The summed E-state index contributed by atoms with van der Waals surface area (Å²) in [6.45, 7) is 5.60. The Morgan fingerprint density at radius 1 is 1.17 bits per heavy atom. The summed E-state index contributed by atoms with van der Waals surface area (Å²) in [5.74, 6) is 1.70. The van der Waals surface area contributed by atoms with Crippen molar-refractivity contribution >= 4 is 29.9 Å². The van der Waals surface area contributed by atoms with Crippen LogP contribution in [0.3, 0.4) is 0 Å². The third kappa shape index (κ3) is 8.34. The summed E-state index contributed by atoms with van der Waals surface area (Å²) in [7, 11) is 1.81. The van der Waals surface area contributed by atoms with Gasteiger partial charge in [-0.25, -0.2) is 4.68 Å². The Morgan fingerprint density at radius 2 is 1.90 bits per heavy atom. The molecule has 1 saturated carbocycles. The molecule has 2 N–H and O–H groups in total. The average Bonchev–Trinajstić information content (AvgIpc) is 3.48. The molecular formula is C22H34IN5O. The molecule has 0 amide bonds. The molecule has 0 atom stereocenters. The lowest BCUT2D eigenvalue weighted by atomic mass is 10.1. The fourth-order valence-electron chi connectivity index (χ4n) is 3.08. The maximum atomic E-state index is 5.66. The van der Waals surface area contributed by atoms with Gasteiger partial charge < -0.3 is 15.4 Å². The zero-order valence-electron chi connectivity index (χ0n) is 17.6. The quantitative estimate of drug-likeness (QED) is 0.209. The van der Waals surface area contributed by atoms with E-state index >= 15 is 0 Å². The number of aromatic nitrogens is 2. The molecule has 1 aromatic heterocycles. The highest BCUT2D eigenvalue weighted by Crippen LogP contribution is 2.28. The van der Waals surface area contributed by atoms with Crippen LogP contribution in [0.1, 0.15) is 36.9 Å². The largest absolute Gasteiger partial charge is 0.381 e. The molecule has 7 heteroatoms. The molecule has 160 valence electrons. The minimum atomic E-state index is 0. The van der Waals surface area contributed by atoms with E-state index in [4.69, 9.17) is 4.74 Å². The van der Waals surface area contributed by atoms with Gasteiger partial charge in [0.05, 0.1) is 11.4 Å². The summed E-state index contributed by atoms with van der Waals surface area (Å²) in [6.07, 6.45) is 7.87. The molecule has 0 radical (unpaired) electrons. The first-order valence-corrected chi connectivity index (χ1v) is 10.4. The standard InChI is InChI=1S/C22H33N5O.HI/c1-18-20(16-27(26-18)21-9-4-3-5-10-21)8-6-13-24-22(23-2)25-14-7-15-28-17-19-11-12-19;/h3-5,9-10,16,19H,6-8,11-15,17H2,1-2H3,(H2,23,24,25);1H. The van der Waals surface area contributed by atoms with Crippen molar-refractivity contribution in [2.45, 2.75) is 39.0 Å². The van der Waals surface area contributed by atoms with Gasteiger partial charge in [-0.05, 0) is 62.6 Å². The third-order valence-corrected chi connectivity index (χ3v) is 4.97. The number of nitrogens with one attached hydrogen (secondary N) is 2. The normalized spacial score (nSPS) is 13.8. The fraction of sp³-hybridized carbons (Fsp3) is 0.545. The van der Waals surface area contributed by atoms with Crippen LogP contribution in [-0.4, -0.2) is 49.1 Å².